The molecule has 19 heavy (non-hydrogen) atoms. The van der Waals surface area contributed by atoms with Crippen LogP contribution in [0.25, 0.3) is 0 Å². The molecule has 0 aromatic heterocycles. The maximum absolute atomic E-state index is 5.94. The summed E-state index contributed by atoms with van der Waals surface area (Å²) in [6.07, 6.45) is 1.17. The molecule has 1 aromatic rings. The fourth-order valence-electron chi connectivity index (χ4n) is 2.39. The molecule has 108 valence electrons. The first-order valence-electron chi connectivity index (χ1n) is 7.40. The molecule has 0 heterocycles. The Hall–Kier alpha value is -1.02. The Bertz CT molecular complexity index is 387. The van der Waals surface area contributed by atoms with Gasteiger partial charge < -0.3 is 10.1 Å². The van der Waals surface area contributed by atoms with E-state index in [0.29, 0.717) is 17.9 Å². The fraction of sp³-hybridized carbons (Fsp3) is 0.647. The Morgan fingerprint density at radius 1 is 1.21 bits per heavy atom. The number of likely N-dealkylation sites (N-methyl/N-ethyl adjacent to an activating group) is 1. The van der Waals surface area contributed by atoms with Gasteiger partial charge in [0.2, 0.25) is 0 Å². The van der Waals surface area contributed by atoms with Crippen molar-refractivity contribution < 1.29 is 4.74 Å². The van der Waals surface area contributed by atoms with Crippen LogP contribution in [0.2, 0.25) is 0 Å². The van der Waals surface area contributed by atoms with E-state index in [1.165, 1.54) is 17.5 Å². The molecule has 2 unspecified atom stereocenters. The van der Waals surface area contributed by atoms with Crippen molar-refractivity contribution in [2.75, 3.05) is 13.7 Å². The molecule has 2 atom stereocenters. The molecule has 0 bridgehead atoms. The molecule has 0 spiro atoms. The minimum absolute atomic E-state index is 0.412. The Labute approximate surface area is 118 Å². The maximum atomic E-state index is 5.94. The van der Waals surface area contributed by atoms with Crippen molar-refractivity contribution in [2.24, 2.45) is 5.92 Å². The van der Waals surface area contributed by atoms with Crippen LogP contribution in [0.5, 0.6) is 5.75 Å². The second-order valence-corrected chi connectivity index (χ2v) is 5.76. The van der Waals surface area contributed by atoms with E-state index in [4.69, 9.17) is 4.74 Å². The minimum atomic E-state index is 0.412. The van der Waals surface area contributed by atoms with E-state index < -0.39 is 0 Å². The third-order valence-corrected chi connectivity index (χ3v) is 3.99. The van der Waals surface area contributed by atoms with Crippen LogP contribution in [0.4, 0.5) is 0 Å². The number of ether oxygens (including phenoxy) is 1. The topological polar surface area (TPSA) is 21.3 Å². The van der Waals surface area contributed by atoms with E-state index in [0.717, 1.165) is 12.4 Å². The Kier molecular flexibility index (Phi) is 6.36. The highest BCUT2D eigenvalue weighted by molar-refractivity contribution is 5.36. The lowest BCUT2D eigenvalue weighted by Crippen LogP contribution is -2.37. The number of hydrogen-bond donors (Lipinski definition) is 1. The number of rotatable bonds is 7. The molecule has 1 N–H and O–H groups in total. The molecule has 0 aliphatic heterocycles. The summed E-state index contributed by atoms with van der Waals surface area (Å²) in [5, 5.41) is 3.34. The molecule has 0 aliphatic rings. The van der Waals surface area contributed by atoms with Gasteiger partial charge in [0, 0.05) is 6.04 Å². The van der Waals surface area contributed by atoms with Crippen LogP contribution in [-0.2, 0) is 0 Å². The highest BCUT2D eigenvalue weighted by Crippen LogP contribution is 2.23. The molecule has 1 aromatic carbocycles. The Morgan fingerprint density at radius 3 is 2.37 bits per heavy atom. The number of benzene rings is 1. The molecule has 0 amide bonds. The largest absolute Gasteiger partial charge is 0.492 e. The highest BCUT2D eigenvalue weighted by Gasteiger charge is 2.14. The van der Waals surface area contributed by atoms with Crippen molar-refractivity contribution in [1.82, 2.24) is 5.32 Å². The van der Waals surface area contributed by atoms with Gasteiger partial charge in [-0.3, -0.25) is 0 Å². The molecule has 0 aliphatic carbocycles. The molecular formula is C17H29NO. The standard InChI is InChI=1S/C17H29NO/c1-7-13(4)17(18-6)11-19-15-8-9-16(12(2)3)14(5)10-15/h8-10,12-13,17-18H,7,11H2,1-6H3. The molecule has 2 nitrogen and oxygen atoms in total. The zero-order chi connectivity index (χ0) is 14.4. The molecular weight excluding hydrogens is 234 g/mol. The van der Waals surface area contributed by atoms with Gasteiger partial charge in [-0.15, -0.1) is 0 Å². The van der Waals surface area contributed by atoms with Crippen molar-refractivity contribution in [1.29, 1.82) is 0 Å². The molecule has 1 rings (SSSR count). The second kappa shape index (κ2) is 7.54. The zero-order valence-corrected chi connectivity index (χ0v) is 13.3. The SMILES string of the molecule is CCC(C)C(COc1ccc(C(C)C)c(C)c1)NC. The fourth-order valence-corrected chi connectivity index (χ4v) is 2.39. The van der Waals surface area contributed by atoms with Crippen LogP contribution in [0.15, 0.2) is 18.2 Å². The van der Waals surface area contributed by atoms with Crippen LogP contribution < -0.4 is 10.1 Å². The smallest absolute Gasteiger partial charge is 0.119 e. The predicted octanol–water partition coefficient (Wildman–Crippen LogP) is 4.13. The lowest BCUT2D eigenvalue weighted by molar-refractivity contribution is 0.228. The summed E-state index contributed by atoms with van der Waals surface area (Å²) in [6.45, 7) is 11.8. The first-order chi connectivity index (χ1) is 8.99. The third-order valence-electron chi connectivity index (χ3n) is 3.99. The highest BCUT2D eigenvalue weighted by atomic mass is 16.5. The maximum Gasteiger partial charge on any atom is 0.119 e. The van der Waals surface area contributed by atoms with Crippen molar-refractivity contribution >= 4 is 0 Å². The Balaban J connectivity index is 2.65. The molecule has 2 heteroatoms. The summed E-state index contributed by atoms with van der Waals surface area (Å²) >= 11 is 0. The van der Waals surface area contributed by atoms with Crippen LogP contribution >= 0.6 is 0 Å². The lowest BCUT2D eigenvalue weighted by atomic mass is 9.98. The van der Waals surface area contributed by atoms with Crippen LogP contribution in [-0.4, -0.2) is 19.7 Å². The summed E-state index contributed by atoms with van der Waals surface area (Å²) in [5.41, 5.74) is 2.72. The van der Waals surface area contributed by atoms with Gasteiger partial charge in [-0.1, -0.05) is 40.2 Å². The molecule has 0 saturated carbocycles. The predicted molar refractivity (Wildman–Crippen MR) is 83.1 cm³/mol. The molecule has 0 saturated heterocycles. The van der Waals surface area contributed by atoms with Crippen molar-refractivity contribution in [3.63, 3.8) is 0 Å². The van der Waals surface area contributed by atoms with E-state index in [-0.39, 0.29) is 0 Å². The van der Waals surface area contributed by atoms with Gasteiger partial charge in [-0.25, -0.2) is 0 Å². The number of nitrogens with one attached hydrogen (secondary N) is 1. The van der Waals surface area contributed by atoms with Crippen molar-refractivity contribution in [3.8, 4) is 5.75 Å². The van der Waals surface area contributed by atoms with Crippen LogP contribution in [0.3, 0.4) is 0 Å². The normalized spacial score (nSPS) is 14.5. The number of hydrogen-bond acceptors (Lipinski definition) is 2. The summed E-state index contributed by atoms with van der Waals surface area (Å²) in [7, 11) is 2.01. The number of aryl methyl sites for hydroxylation is 1. The molecule has 0 fully saturated rings. The van der Waals surface area contributed by atoms with Gasteiger partial charge >= 0.3 is 0 Å². The molecule has 0 radical (unpaired) electrons. The average Bonchev–Trinajstić information content (AvgIpc) is 2.38. The van der Waals surface area contributed by atoms with Crippen molar-refractivity contribution in [2.45, 2.75) is 53.0 Å². The quantitative estimate of drug-likeness (QED) is 0.798. The van der Waals surface area contributed by atoms with Gasteiger partial charge in [0.05, 0.1) is 0 Å². The van der Waals surface area contributed by atoms with E-state index in [9.17, 15) is 0 Å². The monoisotopic (exact) mass is 263 g/mol. The first kappa shape index (κ1) is 16.0. The van der Waals surface area contributed by atoms with Gasteiger partial charge in [0.15, 0.2) is 0 Å². The van der Waals surface area contributed by atoms with Gasteiger partial charge in [0.1, 0.15) is 12.4 Å². The van der Waals surface area contributed by atoms with Gasteiger partial charge in [0.25, 0.3) is 0 Å². The zero-order valence-electron chi connectivity index (χ0n) is 13.3. The summed E-state index contributed by atoms with van der Waals surface area (Å²) in [5.74, 6) is 2.17. The second-order valence-electron chi connectivity index (χ2n) is 5.76. The van der Waals surface area contributed by atoms with Crippen molar-refractivity contribution in [3.05, 3.63) is 29.3 Å². The summed E-state index contributed by atoms with van der Waals surface area (Å²) in [4.78, 5) is 0. The lowest BCUT2D eigenvalue weighted by Gasteiger charge is -2.23. The van der Waals surface area contributed by atoms with Crippen LogP contribution in [0.1, 0.15) is 51.2 Å². The third kappa shape index (κ3) is 4.54. The van der Waals surface area contributed by atoms with E-state index >= 15 is 0 Å². The summed E-state index contributed by atoms with van der Waals surface area (Å²) < 4.78 is 5.94. The van der Waals surface area contributed by atoms with E-state index in [2.05, 4.69) is 58.1 Å². The first-order valence-corrected chi connectivity index (χ1v) is 7.40. The van der Waals surface area contributed by atoms with Gasteiger partial charge in [-0.05, 0) is 49.1 Å². The Morgan fingerprint density at radius 2 is 1.89 bits per heavy atom. The van der Waals surface area contributed by atoms with E-state index in [1.54, 1.807) is 0 Å². The summed E-state index contributed by atoms with van der Waals surface area (Å²) in [6, 6.07) is 6.84. The average molecular weight is 263 g/mol. The minimum Gasteiger partial charge on any atom is -0.492 e. The van der Waals surface area contributed by atoms with Crippen LogP contribution in [0, 0.1) is 12.8 Å². The van der Waals surface area contributed by atoms with E-state index in [1.807, 2.05) is 7.05 Å². The van der Waals surface area contributed by atoms with Gasteiger partial charge in [-0.2, -0.15) is 0 Å².